The van der Waals surface area contributed by atoms with Gasteiger partial charge in [0, 0.05) is 11.4 Å². The Morgan fingerprint density at radius 2 is 1.74 bits per heavy atom. The highest BCUT2D eigenvalue weighted by Crippen LogP contribution is 2.21. The number of benzene rings is 1. The molecule has 1 aromatic carbocycles. The van der Waals surface area contributed by atoms with Crippen molar-refractivity contribution in [2.75, 3.05) is 0 Å². The van der Waals surface area contributed by atoms with Gasteiger partial charge in [0.2, 0.25) is 0 Å². The molecule has 0 fully saturated rings. The Labute approximate surface area is 139 Å². The molecule has 0 spiro atoms. The normalized spacial score (nSPS) is 11.0. The first-order valence-corrected chi connectivity index (χ1v) is 8.31. The Morgan fingerprint density at radius 3 is 2.43 bits per heavy atom. The van der Waals surface area contributed by atoms with Gasteiger partial charge in [0.1, 0.15) is 0 Å². The van der Waals surface area contributed by atoms with Gasteiger partial charge in [0.05, 0.1) is 11.4 Å². The fourth-order valence-electron chi connectivity index (χ4n) is 2.41. The van der Waals surface area contributed by atoms with Gasteiger partial charge in [-0.3, -0.25) is 0 Å². The molecule has 0 radical (unpaired) electrons. The summed E-state index contributed by atoms with van der Waals surface area (Å²) in [6.45, 7) is 8.08. The first-order valence-electron chi connectivity index (χ1n) is 7.33. The van der Waals surface area contributed by atoms with Crippen LogP contribution >= 0.6 is 11.8 Å². The molecule has 0 saturated heterocycles. The molecule has 0 aliphatic carbocycles. The lowest BCUT2D eigenvalue weighted by atomic mass is 10.1. The SMILES string of the molecule is Cc1ccc(-n2nnnc2CSc2nc(C)cc(C)n2)c(C)c1. The smallest absolute Gasteiger partial charge is 0.188 e. The van der Waals surface area contributed by atoms with Crippen LogP contribution in [-0.2, 0) is 5.75 Å². The van der Waals surface area contributed by atoms with E-state index in [2.05, 4.69) is 51.5 Å². The average molecular weight is 326 g/mol. The summed E-state index contributed by atoms with van der Waals surface area (Å²) in [5.74, 6) is 1.40. The Kier molecular flexibility index (Phi) is 4.38. The van der Waals surface area contributed by atoms with E-state index < -0.39 is 0 Å². The maximum absolute atomic E-state index is 4.44. The lowest BCUT2D eigenvalue weighted by molar-refractivity contribution is 0.772. The van der Waals surface area contributed by atoms with Crippen molar-refractivity contribution in [3.8, 4) is 5.69 Å². The third-order valence-electron chi connectivity index (χ3n) is 3.41. The van der Waals surface area contributed by atoms with E-state index in [-0.39, 0.29) is 0 Å². The number of aryl methyl sites for hydroxylation is 4. The second kappa shape index (κ2) is 6.45. The van der Waals surface area contributed by atoms with Crippen LogP contribution in [0.4, 0.5) is 0 Å². The summed E-state index contributed by atoms with van der Waals surface area (Å²) in [5, 5.41) is 12.8. The van der Waals surface area contributed by atoms with Gasteiger partial charge in [-0.1, -0.05) is 29.5 Å². The zero-order valence-corrected chi connectivity index (χ0v) is 14.4. The van der Waals surface area contributed by atoms with E-state index in [1.54, 1.807) is 4.68 Å². The molecule has 0 saturated carbocycles. The van der Waals surface area contributed by atoms with E-state index in [1.807, 2.05) is 26.0 Å². The van der Waals surface area contributed by atoms with Gasteiger partial charge < -0.3 is 0 Å². The average Bonchev–Trinajstić information content (AvgIpc) is 2.92. The molecule has 2 aromatic heterocycles. The number of aromatic nitrogens is 6. The number of nitrogens with zero attached hydrogens (tertiary/aromatic N) is 6. The number of hydrogen-bond acceptors (Lipinski definition) is 6. The largest absolute Gasteiger partial charge is 0.228 e. The van der Waals surface area contributed by atoms with Crippen LogP contribution in [0.25, 0.3) is 5.69 Å². The topological polar surface area (TPSA) is 69.4 Å². The van der Waals surface area contributed by atoms with Gasteiger partial charge in [-0.2, -0.15) is 4.68 Å². The fraction of sp³-hybridized carbons (Fsp3) is 0.312. The highest BCUT2D eigenvalue weighted by molar-refractivity contribution is 7.98. The Bertz CT molecular complexity index is 822. The van der Waals surface area contributed by atoms with Crippen molar-refractivity contribution in [3.05, 3.63) is 52.6 Å². The molecule has 3 aromatic rings. The summed E-state index contributed by atoms with van der Waals surface area (Å²) in [4.78, 5) is 8.88. The fourth-order valence-corrected chi connectivity index (χ4v) is 3.27. The van der Waals surface area contributed by atoms with Crippen LogP contribution in [0.5, 0.6) is 0 Å². The van der Waals surface area contributed by atoms with Crippen molar-refractivity contribution in [1.29, 1.82) is 0 Å². The number of hydrogen-bond donors (Lipinski definition) is 0. The summed E-state index contributed by atoms with van der Waals surface area (Å²) >= 11 is 1.54. The standard InChI is InChI=1S/C16H18N6S/c1-10-5-6-14(11(2)7-10)22-15(19-20-21-22)9-23-16-17-12(3)8-13(4)18-16/h5-8H,9H2,1-4H3. The number of rotatable bonds is 4. The van der Waals surface area contributed by atoms with E-state index in [0.29, 0.717) is 5.75 Å². The monoisotopic (exact) mass is 326 g/mol. The van der Waals surface area contributed by atoms with Crippen molar-refractivity contribution in [2.24, 2.45) is 0 Å². The van der Waals surface area contributed by atoms with E-state index in [0.717, 1.165) is 33.6 Å². The molecule has 0 N–H and O–H groups in total. The zero-order valence-electron chi connectivity index (χ0n) is 13.6. The molecule has 0 aliphatic rings. The van der Waals surface area contributed by atoms with E-state index in [4.69, 9.17) is 0 Å². The highest BCUT2D eigenvalue weighted by Gasteiger charge is 2.12. The molecule has 0 atom stereocenters. The molecule has 2 heterocycles. The molecule has 6 nitrogen and oxygen atoms in total. The van der Waals surface area contributed by atoms with Crippen LogP contribution in [-0.4, -0.2) is 30.2 Å². The molecular weight excluding hydrogens is 308 g/mol. The second-order valence-corrected chi connectivity index (χ2v) is 6.46. The summed E-state index contributed by atoms with van der Waals surface area (Å²) < 4.78 is 1.78. The van der Waals surface area contributed by atoms with Crippen LogP contribution in [0.1, 0.15) is 28.3 Å². The van der Waals surface area contributed by atoms with E-state index in [1.165, 1.54) is 17.3 Å². The molecular formula is C16H18N6S. The van der Waals surface area contributed by atoms with Gasteiger partial charge in [0.15, 0.2) is 11.0 Å². The van der Waals surface area contributed by atoms with Crippen LogP contribution in [0.2, 0.25) is 0 Å². The zero-order chi connectivity index (χ0) is 16.4. The molecule has 0 amide bonds. The minimum atomic E-state index is 0.614. The number of tetrazole rings is 1. The maximum Gasteiger partial charge on any atom is 0.188 e. The van der Waals surface area contributed by atoms with Gasteiger partial charge in [0.25, 0.3) is 0 Å². The molecule has 0 unspecified atom stereocenters. The maximum atomic E-state index is 4.44. The third-order valence-corrected chi connectivity index (χ3v) is 4.25. The lowest BCUT2D eigenvalue weighted by Crippen LogP contribution is -2.05. The Balaban J connectivity index is 1.84. The van der Waals surface area contributed by atoms with Crippen molar-refractivity contribution < 1.29 is 0 Å². The van der Waals surface area contributed by atoms with Crippen molar-refractivity contribution in [2.45, 2.75) is 38.6 Å². The van der Waals surface area contributed by atoms with Gasteiger partial charge in [-0.05, 0) is 55.8 Å². The minimum Gasteiger partial charge on any atom is -0.228 e. The van der Waals surface area contributed by atoms with Gasteiger partial charge in [-0.25, -0.2) is 9.97 Å². The molecule has 0 aliphatic heterocycles. The third kappa shape index (κ3) is 3.56. The van der Waals surface area contributed by atoms with Crippen molar-refractivity contribution in [3.63, 3.8) is 0 Å². The van der Waals surface area contributed by atoms with Gasteiger partial charge in [-0.15, -0.1) is 5.10 Å². The summed E-state index contributed by atoms with van der Waals surface area (Å²) in [7, 11) is 0. The molecule has 7 heteroatoms. The van der Waals surface area contributed by atoms with Crippen LogP contribution < -0.4 is 0 Å². The molecule has 3 rings (SSSR count). The highest BCUT2D eigenvalue weighted by atomic mass is 32.2. The lowest BCUT2D eigenvalue weighted by Gasteiger charge is -2.08. The number of thioether (sulfide) groups is 1. The van der Waals surface area contributed by atoms with E-state index in [9.17, 15) is 0 Å². The minimum absolute atomic E-state index is 0.614. The first kappa shape index (κ1) is 15.6. The first-order chi connectivity index (χ1) is 11.0. The van der Waals surface area contributed by atoms with Crippen LogP contribution in [0, 0.1) is 27.7 Å². The predicted octanol–water partition coefficient (Wildman–Crippen LogP) is 2.98. The predicted molar refractivity (Wildman–Crippen MR) is 89.7 cm³/mol. The van der Waals surface area contributed by atoms with Crippen LogP contribution in [0.15, 0.2) is 29.4 Å². The van der Waals surface area contributed by atoms with Crippen molar-refractivity contribution in [1.82, 2.24) is 30.2 Å². The quantitative estimate of drug-likeness (QED) is 0.542. The Morgan fingerprint density at radius 1 is 1.00 bits per heavy atom. The second-order valence-electron chi connectivity index (χ2n) is 5.52. The van der Waals surface area contributed by atoms with Gasteiger partial charge >= 0.3 is 0 Å². The molecule has 0 bridgehead atoms. The van der Waals surface area contributed by atoms with Crippen LogP contribution in [0.3, 0.4) is 0 Å². The summed E-state index contributed by atoms with van der Waals surface area (Å²) in [6, 6.07) is 8.20. The van der Waals surface area contributed by atoms with Crippen molar-refractivity contribution >= 4 is 11.8 Å². The summed E-state index contributed by atoms with van der Waals surface area (Å²) in [6.07, 6.45) is 0. The Hall–Kier alpha value is -2.28. The van der Waals surface area contributed by atoms with E-state index >= 15 is 0 Å². The molecule has 23 heavy (non-hydrogen) atoms. The molecule has 118 valence electrons. The summed E-state index contributed by atoms with van der Waals surface area (Å²) in [5.41, 5.74) is 5.30.